The molecule has 5 amide bonds. The van der Waals surface area contributed by atoms with Gasteiger partial charge in [0, 0.05) is 69.3 Å². The van der Waals surface area contributed by atoms with E-state index in [0.717, 1.165) is 32.9 Å². The van der Waals surface area contributed by atoms with Crippen LogP contribution in [0.3, 0.4) is 0 Å². The molecule has 0 spiro atoms. The van der Waals surface area contributed by atoms with E-state index in [1.54, 1.807) is 43.3 Å². The van der Waals surface area contributed by atoms with Crippen LogP contribution in [-0.2, 0) is 47.8 Å². The third-order valence-corrected chi connectivity index (χ3v) is 16.0. The summed E-state index contributed by atoms with van der Waals surface area (Å²) in [5.74, 6) is -7.41. The smallest absolute Gasteiger partial charge is 0.303 e. The number of allylic oxidation sites excluding steroid dienone is 4. The molecule has 69 heavy (non-hydrogen) atoms. The predicted octanol–water partition coefficient (Wildman–Crippen LogP) is 3.59. The number of carboxylic acids is 1. The number of anilines is 1. The topological polar surface area (TPSA) is 255 Å². The summed E-state index contributed by atoms with van der Waals surface area (Å²) in [5.41, 5.74) is -6.08. The minimum atomic E-state index is -2.37. The summed E-state index contributed by atoms with van der Waals surface area (Å²) in [7, 11) is 0. The standard InChI is InChI=1S/C49H52F2N4O13S/c1-25(52-44(66)35(12-15-42(63)64)54-39(60)17-19-55-40(61)13-14-41(55)62)43(65)53-27-6-10-30(11-7-27)69-29-8-4-26(5-9-29)45-67-38-22-31-32-21-34(50)33-20-28(57)16-18-46(33,2)48(32,51)36(58)23-47(31,3)49(38,68-45)37(59)24-56/h4-11,13-14,16,18,20,25,31-32,34-36,38,45,56,58H,12,15,17,19,21-24H2,1-3H3,(H,52,66)(H,53,65)(H,54,60)(H,63,64)/t25-,31-,32-,34-,35-,36-,38+,45+,46-,47-,48-,49+/m0/s1. The number of alkyl halides is 2. The number of hydrogen-bond donors (Lipinski definition) is 6. The van der Waals surface area contributed by atoms with Gasteiger partial charge in [0.2, 0.25) is 17.7 Å². The van der Waals surface area contributed by atoms with E-state index in [1.165, 1.54) is 37.8 Å². The Labute approximate surface area is 399 Å². The Bertz CT molecular complexity index is 2560. The van der Waals surface area contributed by atoms with Gasteiger partial charge < -0.3 is 40.7 Å². The van der Waals surface area contributed by atoms with E-state index in [0.29, 0.717) is 11.3 Å². The third kappa shape index (κ3) is 8.63. The second kappa shape index (κ2) is 18.8. The molecule has 8 rings (SSSR count). The van der Waals surface area contributed by atoms with E-state index in [-0.39, 0.29) is 44.2 Å². The molecule has 2 heterocycles. The number of Topliss-reactive ketones (excluding diaryl/α,β-unsaturated/α-hetero) is 1. The van der Waals surface area contributed by atoms with Gasteiger partial charge in [-0.05, 0) is 99.6 Å². The molecular formula is C49H52F2N4O13S. The van der Waals surface area contributed by atoms with E-state index < -0.39 is 131 Å². The van der Waals surface area contributed by atoms with Gasteiger partial charge in [0.05, 0.1) is 12.2 Å². The van der Waals surface area contributed by atoms with Crippen LogP contribution < -0.4 is 16.0 Å². The highest BCUT2D eigenvalue weighted by atomic mass is 32.2. The monoisotopic (exact) mass is 974 g/mol. The number of halogens is 2. The van der Waals surface area contributed by atoms with Gasteiger partial charge >= 0.3 is 5.97 Å². The van der Waals surface area contributed by atoms with Crippen LogP contribution >= 0.6 is 11.8 Å². The average molecular weight is 975 g/mol. The van der Waals surface area contributed by atoms with Crippen LogP contribution in [-0.4, -0.2) is 122 Å². The first-order chi connectivity index (χ1) is 32.6. The number of carboxylic acid groups (broad SMARTS) is 1. The lowest BCUT2D eigenvalue weighted by atomic mass is 9.44. The van der Waals surface area contributed by atoms with Crippen LogP contribution in [0.4, 0.5) is 14.5 Å². The Morgan fingerprint density at radius 1 is 0.899 bits per heavy atom. The minimum Gasteiger partial charge on any atom is -0.481 e. The molecule has 0 aromatic heterocycles. The fraction of sp³-hybridized carbons (Fsp3) is 0.469. The molecule has 6 aliphatic rings. The van der Waals surface area contributed by atoms with Gasteiger partial charge in [0.1, 0.15) is 24.9 Å². The summed E-state index contributed by atoms with van der Waals surface area (Å²) in [4.78, 5) is 102. The highest BCUT2D eigenvalue weighted by Gasteiger charge is 2.80. The van der Waals surface area contributed by atoms with Crippen molar-refractivity contribution in [3.05, 3.63) is 90.0 Å². The quantitative estimate of drug-likeness (QED) is 0.132. The summed E-state index contributed by atoms with van der Waals surface area (Å²) >= 11 is 1.39. The SMILES string of the molecule is C[C@H](NC(=O)[C@H](CCC(=O)O)NC(=O)CCN1C(=O)C=CC1=O)C(=O)Nc1ccc(Sc2ccc([C@@H]3O[C@@H]4C[C@H]5[C@@H]6C[C@H](F)C7=CC(=O)C=C[C@]7(C)[C@@]6(F)[C@@H](O)C[C@]5(C)[C@]4(C(=O)CO)O3)cc2)cc1. The number of amides is 5. The number of aliphatic carboxylic acids is 1. The molecule has 2 aromatic rings. The maximum Gasteiger partial charge on any atom is 0.303 e. The first-order valence-electron chi connectivity index (χ1n) is 22.6. The number of benzene rings is 2. The third-order valence-electron chi connectivity index (χ3n) is 15.0. The first kappa shape index (κ1) is 49.5. The van der Waals surface area contributed by atoms with Crippen LogP contribution in [0.2, 0.25) is 0 Å². The Hall–Kier alpha value is -5.93. The summed E-state index contributed by atoms with van der Waals surface area (Å²) in [6, 6.07) is 11.5. The van der Waals surface area contributed by atoms with Crippen molar-refractivity contribution in [2.24, 2.45) is 22.7 Å². The molecule has 0 unspecified atom stereocenters. The zero-order chi connectivity index (χ0) is 49.8. The summed E-state index contributed by atoms with van der Waals surface area (Å²) in [6.07, 6.45) is -1.10. The molecular weight excluding hydrogens is 923 g/mol. The van der Waals surface area contributed by atoms with Gasteiger partial charge in [-0.25, -0.2) is 8.78 Å². The number of ether oxygens (including phenoxy) is 2. The fourth-order valence-corrected chi connectivity index (χ4v) is 12.3. The molecule has 20 heteroatoms. The van der Waals surface area contributed by atoms with Crippen molar-refractivity contribution in [3.63, 3.8) is 0 Å². The van der Waals surface area contributed by atoms with Crippen molar-refractivity contribution in [2.75, 3.05) is 18.5 Å². The molecule has 4 aliphatic carbocycles. The van der Waals surface area contributed by atoms with Crippen LogP contribution in [0.25, 0.3) is 0 Å². The lowest BCUT2D eigenvalue weighted by molar-refractivity contribution is -0.235. The van der Waals surface area contributed by atoms with E-state index in [2.05, 4.69) is 16.0 Å². The number of imide groups is 1. The Balaban J connectivity index is 0.874. The first-order valence-corrected chi connectivity index (χ1v) is 23.4. The van der Waals surface area contributed by atoms with Crippen molar-refractivity contribution < 1.29 is 71.9 Å². The van der Waals surface area contributed by atoms with Crippen molar-refractivity contribution in [3.8, 4) is 0 Å². The Kier molecular flexibility index (Phi) is 13.5. The molecule has 2 aliphatic heterocycles. The molecule has 2 aromatic carbocycles. The number of rotatable bonds is 16. The lowest BCUT2D eigenvalue weighted by Crippen LogP contribution is -2.70. The molecule has 6 N–H and O–H groups in total. The van der Waals surface area contributed by atoms with Crippen LogP contribution in [0, 0.1) is 22.7 Å². The molecule has 3 saturated carbocycles. The number of aliphatic hydroxyl groups excluding tert-OH is 2. The van der Waals surface area contributed by atoms with E-state index in [1.807, 2.05) is 12.1 Å². The summed E-state index contributed by atoms with van der Waals surface area (Å²) in [5, 5.41) is 38.9. The number of fused-ring (bicyclic) bond motifs is 7. The van der Waals surface area contributed by atoms with Crippen LogP contribution in [0.1, 0.15) is 71.1 Å². The maximum atomic E-state index is 17.7. The highest BCUT2D eigenvalue weighted by molar-refractivity contribution is 7.99. The minimum absolute atomic E-state index is 0.0122. The second-order valence-electron chi connectivity index (χ2n) is 18.9. The van der Waals surface area contributed by atoms with Crippen molar-refractivity contribution in [1.29, 1.82) is 0 Å². The van der Waals surface area contributed by atoms with Crippen LogP contribution in [0.15, 0.2) is 94.3 Å². The summed E-state index contributed by atoms with van der Waals surface area (Å²) < 4.78 is 46.8. The van der Waals surface area contributed by atoms with Gasteiger partial charge in [-0.15, -0.1) is 0 Å². The number of carbonyl (C=O) groups is 8. The van der Waals surface area contributed by atoms with Crippen LogP contribution in [0.5, 0.6) is 0 Å². The van der Waals surface area contributed by atoms with Crippen molar-refractivity contribution in [1.82, 2.24) is 15.5 Å². The Morgan fingerprint density at radius 3 is 2.19 bits per heavy atom. The number of ketones is 2. The zero-order valence-electron chi connectivity index (χ0n) is 37.8. The van der Waals surface area contributed by atoms with Gasteiger partial charge in [0.25, 0.3) is 11.8 Å². The number of nitrogens with zero attached hydrogens (tertiary/aromatic N) is 1. The molecule has 12 atom stereocenters. The molecule has 4 fully saturated rings. The number of nitrogens with one attached hydrogen (secondary N) is 3. The number of carbonyl (C=O) groups excluding carboxylic acids is 7. The fourth-order valence-electron chi connectivity index (χ4n) is 11.4. The molecule has 0 bridgehead atoms. The zero-order valence-corrected chi connectivity index (χ0v) is 38.6. The van der Waals surface area contributed by atoms with Crippen molar-refractivity contribution in [2.45, 2.75) is 117 Å². The normalized spacial score (nSPS) is 32.8. The van der Waals surface area contributed by atoms with Crippen molar-refractivity contribution >= 4 is 64.5 Å². The van der Waals surface area contributed by atoms with Gasteiger partial charge in [0.15, 0.2) is 29.1 Å². The van der Waals surface area contributed by atoms with E-state index in [9.17, 15) is 53.7 Å². The lowest BCUT2D eigenvalue weighted by Gasteiger charge is -2.63. The number of hydrogen-bond acceptors (Lipinski definition) is 13. The largest absolute Gasteiger partial charge is 0.481 e. The Morgan fingerprint density at radius 2 is 1.55 bits per heavy atom. The average Bonchev–Trinajstić information content (AvgIpc) is 3.94. The molecule has 366 valence electrons. The predicted molar refractivity (Wildman–Crippen MR) is 240 cm³/mol. The maximum absolute atomic E-state index is 17.7. The molecule has 0 radical (unpaired) electrons. The van der Waals surface area contributed by atoms with Gasteiger partial charge in [-0.1, -0.05) is 36.9 Å². The second-order valence-corrected chi connectivity index (χ2v) is 20.0. The number of aliphatic hydroxyl groups is 2. The molecule has 17 nitrogen and oxygen atoms in total. The molecule has 1 saturated heterocycles. The van der Waals surface area contributed by atoms with Gasteiger partial charge in [-0.2, -0.15) is 0 Å². The van der Waals surface area contributed by atoms with E-state index in [4.69, 9.17) is 9.47 Å². The highest BCUT2D eigenvalue weighted by Crippen LogP contribution is 2.72. The van der Waals surface area contributed by atoms with Gasteiger partial charge in [-0.3, -0.25) is 43.3 Å². The van der Waals surface area contributed by atoms with E-state index >= 15 is 8.78 Å². The summed E-state index contributed by atoms with van der Waals surface area (Å²) in [6.45, 7) is 3.48.